The average molecular weight is 277 g/mol. The molecule has 2 unspecified atom stereocenters. The van der Waals surface area contributed by atoms with Gasteiger partial charge >= 0.3 is 0 Å². The van der Waals surface area contributed by atoms with Gasteiger partial charge in [-0.05, 0) is 52.0 Å². The Morgan fingerprint density at radius 3 is 2.75 bits per heavy atom. The first-order chi connectivity index (χ1) is 9.51. The molecule has 0 amide bonds. The van der Waals surface area contributed by atoms with Crippen molar-refractivity contribution < 1.29 is 4.74 Å². The van der Waals surface area contributed by atoms with Crippen molar-refractivity contribution in [2.75, 3.05) is 13.2 Å². The quantitative estimate of drug-likeness (QED) is 0.720. The van der Waals surface area contributed by atoms with Crippen LogP contribution in [0.4, 0.5) is 0 Å². The highest BCUT2D eigenvalue weighted by Gasteiger charge is 2.43. The fraction of sp³-hybridized carbons (Fsp3) is 0.778. The van der Waals surface area contributed by atoms with E-state index in [1.165, 1.54) is 31.4 Å². The topological polar surface area (TPSA) is 12.5 Å². The molecule has 1 aliphatic heterocycles. The van der Waals surface area contributed by atoms with Gasteiger partial charge in [-0.1, -0.05) is 26.3 Å². The molecule has 0 aromatic rings. The lowest BCUT2D eigenvalue weighted by molar-refractivity contribution is 0.0458. The first-order valence-corrected chi connectivity index (χ1v) is 8.32. The van der Waals surface area contributed by atoms with Crippen LogP contribution in [0.5, 0.6) is 0 Å². The highest BCUT2D eigenvalue weighted by Crippen LogP contribution is 2.46. The summed E-state index contributed by atoms with van der Waals surface area (Å²) in [6.45, 7) is 13.5. The van der Waals surface area contributed by atoms with E-state index in [2.05, 4.69) is 51.7 Å². The zero-order valence-corrected chi connectivity index (χ0v) is 13.9. The molecule has 1 aliphatic carbocycles. The van der Waals surface area contributed by atoms with Crippen molar-refractivity contribution in [3.05, 3.63) is 23.6 Å². The van der Waals surface area contributed by atoms with Crippen LogP contribution < -0.4 is 0 Å². The van der Waals surface area contributed by atoms with Crippen LogP contribution in [-0.4, -0.2) is 23.6 Å². The lowest BCUT2D eigenvalue weighted by Crippen LogP contribution is -2.52. The molecule has 2 heteroatoms. The van der Waals surface area contributed by atoms with Gasteiger partial charge in [-0.3, -0.25) is 0 Å². The van der Waals surface area contributed by atoms with E-state index < -0.39 is 0 Å². The third kappa shape index (κ3) is 2.89. The van der Waals surface area contributed by atoms with Crippen molar-refractivity contribution >= 4 is 0 Å². The van der Waals surface area contributed by atoms with Crippen molar-refractivity contribution in [2.24, 2.45) is 11.8 Å². The van der Waals surface area contributed by atoms with Gasteiger partial charge in [0.1, 0.15) is 5.76 Å². The smallest absolute Gasteiger partial charge is 0.138 e. The Morgan fingerprint density at radius 1 is 1.35 bits per heavy atom. The van der Waals surface area contributed by atoms with Crippen molar-refractivity contribution in [2.45, 2.75) is 65.8 Å². The molecular weight excluding hydrogens is 246 g/mol. The van der Waals surface area contributed by atoms with E-state index in [1.54, 1.807) is 0 Å². The minimum absolute atomic E-state index is 0.244. The number of fused-ring (bicyclic) bond motifs is 1. The van der Waals surface area contributed by atoms with Crippen LogP contribution in [0.3, 0.4) is 0 Å². The van der Waals surface area contributed by atoms with E-state index in [9.17, 15) is 0 Å². The van der Waals surface area contributed by atoms with Gasteiger partial charge in [0, 0.05) is 18.0 Å². The minimum Gasteiger partial charge on any atom is -0.492 e. The van der Waals surface area contributed by atoms with Crippen molar-refractivity contribution in [1.29, 1.82) is 0 Å². The second-order valence-electron chi connectivity index (χ2n) is 6.93. The molecular formula is C18H31NO. The molecule has 2 aliphatic rings. The second-order valence-corrected chi connectivity index (χ2v) is 6.93. The van der Waals surface area contributed by atoms with Crippen molar-refractivity contribution in [3.8, 4) is 0 Å². The van der Waals surface area contributed by atoms with E-state index in [0.717, 1.165) is 24.8 Å². The molecule has 0 bridgehead atoms. The maximum Gasteiger partial charge on any atom is 0.138 e. The number of likely N-dealkylation sites (tertiary alicyclic amines) is 1. The van der Waals surface area contributed by atoms with E-state index in [0.29, 0.717) is 5.92 Å². The number of unbranched alkanes of at least 4 members (excludes halogenated alkanes) is 1. The third-order valence-corrected chi connectivity index (χ3v) is 4.83. The van der Waals surface area contributed by atoms with E-state index >= 15 is 0 Å². The molecule has 0 spiro atoms. The van der Waals surface area contributed by atoms with Crippen LogP contribution >= 0.6 is 0 Å². The zero-order chi connectivity index (χ0) is 14.8. The highest BCUT2D eigenvalue weighted by molar-refractivity contribution is 5.30. The molecule has 1 heterocycles. The Balaban J connectivity index is 2.39. The monoisotopic (exact) mass is 277 g/mol. The number of hydrogen-bond acceptors (Lipinski definition) is 2. The lowest BCUT2D eigenvalue weighted by atomic mass is 9.72. The van der Waals surface area contributed by atoms with Gasteiger partial charge in [-0.15, -0.1) is 0 Å². The summed E-state index contributed by atoms with van der Waals surface area (Å²) in [5.74, 6) is 2.50. The van der Waals surface area contributed by atoms with Crippen LogP contribution in [0.25, 0.3) is 0 Å². The van der Waals surface area contributed by atoms with Gasteiger partial charge in [0.15, 0.2) is 0 Å². The van der Waals surface area contributed by atoms with Crippen LogP contribution in [0, 0.1) is 11.8 Å². The number of piperidine rings is 1. The van der Waals surface area contributed by atoms with Gasteiger partial charge in [0.05, 0.1) is 12.3 Å². The molecule has 0 N–H and O–H groups in total. The third-order valence-electron chi connectivity index (χ3n) is 4.83. The number of ether oxygens (including phenoxy) is 1. The predicted molar refractivity (Wildman–Crippen MR) is 85.4 cm³/mol. The van der Waals surface area contributed by atoms with Gasteiger partial charge in [-0.2, -0.15) is 0 Å². The van der Waals surface area contributed by atoms with Gasteiger partial charge < -0.3 is 9.64 Å². The lowest BCUT2D eigenvalue weighted by Gasteiger charge is -2.52. The molecule has 2 nitrogen and oxygen atoms in total. The van der Waals surface area contributed by atoms with Crippen molar-refractivity contribution in [3.63, 3.8) is 0 Å². The Morgan fingerprint density at radius 2 is 2.10 bits per heavy atom. The largest absolute Gasteiger partial charge is 0.492 e. The number of nitrogens with zero attached hydrogens (tertiary/aromatic N) is 1. The summed E-state index contributed by atoms with van der Waals surface area (Å²) < 4.78 is 5.96. The molecule has 2 rings (SSSR count). The second kappa shape index (κ2) is 6.24. The molecule has 0 aromatic carbocycles. The molecule has 20 heavy (non-hydrogen) atoms. The van der Waals surface area contributed by atoms with Crippen molar-refractivity contribution in [1.82, 2.24) is 4.90 Å². The fourth-order valence-electron chi connectivity index (χ4n) is 3.92. The summed E-state index contributed by atoms with van der Waals surface area (Å²) in [5, 5.41) is 0. The van der Waals surface area contributed by atoms with Gasteiger partial charge in [-0.25, -0.2) is 0 Å². The molecule has 1 saturated heterocycles. The molecule has 0 aromatic heterocycles. The SMILES string of the molecule is CCCCN1C2=C(OCC)C=CCC2C(C)CC1(C)C. The first kappa shape index (κ1) is 15.5. The molecule has 1 fully saturated rings. The van der Waals surface area contributed by atoms with E-state index in [4.69, 9.17) is 4.74 Å². The highest BCUT2D eigenvalue weighted by atomic mass is 16.5. The summed E-state index contributed by atoms with van der Waals surface area (Å²) in [4.78, 5) is 2.65. The summed E-state index contributed by atoms with van der Waals surface area (Å²) >= 11 is 0. The molecule has 114 valence electrons. The van der Waals surface area contributed by atoms with Crippen LogP contribution in [0.1, 0.15) is 60.3 Å². The Hall–Kier alpha value is -0.920. The zero-order valence-electron chi connectivity index (χ0n) is 13.9. The predicted octanol–water partition coefficient (Wildman–Crippen LogP) is 4.73. The summed E-state index contributed by atoms with van der Waals surface area (Å²) in [7, 11) is 0. The average Bonchev–Trinajstić information content (AvgIpc) is 2.38. The Kier molecular flexibility index (Phi) is 4.82. The molecule has 0 saturated carbocycles. The Bertz CT molecular complexity index is 394. The standard InChI is InChI=1S/C18H31NO/c1-6-8-12-19-17-15(14(3)13-18(19,4)5)10-9-11-16(17)20-7-2/h9,11,14-15H,6-8,10,12-13H2,1-5H3. The molecule has 0 radical (unpaired) electrons. The van der Waals surface area contributed by atoms with Crippen LogP contribution in [0.15, 0.2) is 23.6 Å². The fourth-order valence-corrected chi connectivity index (χ4v) is 3.92. The number of hydrogen-bond donors (Lipinski definition) is 0. The Labute approximate surface area is 124 Å². The molecule has 2 atom stereocenters. The van der Waals surface area contributed by atoms with E-state index in [-0.39, 0.29) is 5.54 Å². The minimum atomic E-state index is 0.244. The normalized spacial score (nSPS) is 28.6. The summed E-state index contributed by atoms with van der Waals surface area (Å²) in [6, 6.07) is 0. The maximum absolute atomic E-state index is 5.96. The first-order valence-electron chi connectivity index (χ1n) is 8.32. The summed E-state index contributed by atoms with van der Waals surface area (Å²) in [6.07, 6.45) is 9.45. The number of allylic oxidation sites excluding steroid dienone is 3. The number of rotatable bonds is 5. The van der Waals surface area contributed by atoms with Gasteiger partial charge in [0.25, 0.3) is 0 Å². The van der Waals surface area contributed by atoms with Gasteiger partial charge in [0.2, 0.25) is 0 Å². The maximum atomic E-state index is 5.96. The van der Waals surface area contributed by atoms with Crippen LogP contribution in [-0.2, 0) is 4.74 Å². The van der Waals surface area contributed by atoms with Crippen LogP contribution in [0.2, 0.25) is 0 Å². The summed E-state index contributed by atoms with van der Waals surface area (Å²) in [5.41, 5.74) is 1.72. The van der Waals surface area contributed by atoms with E-state index in [1.807, 2.05) is 0 Å².